The molecule has 0 atom stereocenters. The maximum Gasteiger partial charge on any atom is 0.410 e. The lowest BCUT2D eigenvalue weighted by atomic mass is 9.97. The Balaban J connectivity index is 2.09. The van der Waals surface area contributed by atoms with E-state index in [1.54, 1.807) is 4.90 Å². The van der Waals surface area contributed by atoms with Gasteiger partial charge in [0.25, 0.3) is 0 Å². The molecule has 0 aromatic carbocycles. The van der Waals surface area contributed by atoms with Crippen molar-refractivity contribution < 1.29 is 24.2 Å². The third kappa shape index (κ3) is 5.35. The van der Waals surface area contributed by atoms with E-state index >= 15 is 0 Å². The molecule has 0 bridgehead atoms. The molecule has 0 spiro atoms. The van der Waals surface area contributed by atoms with Gasteiger partial charge >= 0.3 is 12.1 Å². The largest absolute Gasteiger partial charge is 0.480 e. The van der Waals surface area contributed by atoms with Gasteiger partial charge in [0.2, 0.25) is 0 Å². The number of carbonyl (C=O) groups is 2. The maximum atomic E-state index is 11.6. The van der Waals surface area contributed by atoms with Crippen LogP contribution in [0.3, 0.4) is 0 Å². The minimum absolute atomic E-state index is 0.261. The topological polar surface area (TPSA) is 76.1 Å². The van der Waals surface area contributed by atoms with Crippen LogP contribution < -0.4 is 0 Å². The van der Waals surface area contributed by atoms with Crippen LogP contribution in [0.1, 0.15) is 27.2 Å². The highest BCUT2D eigenvalue weighted by molar-refractivity contribution is 5.69. The number of hydrogen-bond donors (Lipinski definition) is 1. The molecule has 1 aliphatic heterocycles. The fourth-order valence-electron chi connectivity index (χ4n) is 1.64. The molecule has 1 fully saturated rings. The summed E-state index contributed by atoms with van der Waals surface area (Å²) >= 11 is 0. The molecule has 0 unspecified atom stereocenters. The average Bonchev–Trinajstić information content (AvgIpc) is 2.10. The Morgan fingerprint density at radius 2 is 1.94 bits per heavy atom. The summed E-state index contributed by atoms with van der Waals surface area (Å²) in [7, 11) is 0. The molecular formula is C12H21NO5. The molecule has 18 heavy (non-hydrogen) atoms. The number of nitrogens with zero attached hydrogens (tertiary/aromatic N) is 1. The minimum Gasteiger partial charge on any atom is -0.480 e. The Hall–Kier alpha value is -1.30. The van der Waals surface area contributed by atoms with Crippen LogP contribution >= 0.6 is 0 Å². The van der Waals surface area contributed by atoms with Crippen molar-refractivity contribution in [1.29, 1.82) is 0 Å². The number of carboxylic acid groups (broad SMARTS) is 1. The molecule has 1 saturated heterocycles. The Labute approximate surface area is 107 Å². The summed E-state index contributed by atoms with van der Waals surface area (Å²) in [5.74, 6) is -0.578. The summed E-state index contributed by atoms with van der Waals surface area (Å²) in [6, 6.07) is 0. The van der Waals surface area contributed by atoms with Gasteiger partial charge in [0, 0.05) is 19.7 Å². The van der Waals surface area contributed by atoms with E-state index in [1.165, 1.54) is 0 Å². The molecule has 1 aliphatic rings. The summed E-state index contributed by atoms with van der Waals surface area (Å²) in [4.78, 5) is 23.5. The standard InChI is InChI=1S/C12H21NO5/c1-12(2,3)18-11(16)13-6-9(7-13)4-5-17-8-10(14)15/h9H,4-8H2,1-3H3,(H,14,15). The van der Waals surface area contributed by atoms with E-state index in [1.807, 2.05) is 20.8 Å². The van der Waals surface area contributed by atoms with E-state index < -0.39 is 11.6 Å². The van der Waals surface area contributed by atoms with Gasteiger partial charge in [-0.2, -0.15) is 0 Å². The summed E-state index contributed by atoms with van der Waals surface area (Å²) < 4.78 is 10.2. The number of amides is 1. The van der Waals surface area contributed by atoms with Gasteiger partial charge in [-0.3, -0.25) is 0 Å². The fraction of sp³-hybridized carbons (Fsp3) is 0.833. The third-order valence-electron chi connectivity index (χ3n) is 2.50. The maximum absolute atomic E-state index is 11.6. The SMILES string of the molecule is CC(C)(C)OC(=O)N1CC(CCOCC(=O)O)C1. The van der Waals surface area contributed by atoms with Crippen LogP contribution in [0.4, 0.5) is 4.79 Å². The van der Waals surface area contributed by atoms with Crippen molar-refractivity contribution in [2.45, 2.75) is 32.8 Å². The number of ether oxygens (including phenoxy) is 2. The first-order valence-electron chi connectivity index (χ1n) is 6.05. The Morgan fingerprint density at radius 3 is 2.44 bits per heavy atom. The zero-order valence-electron chi connectivity index (χ0n) is 11.1. The molecule has 0 aromatic rings. The first-order valence-corrected chi connectivity index (χ1v) is 6.05. The monoisotopic (exact) mass is 259 g/mol. The van der Waals surface area contributed by atoms with Crippen LogP contribution in [-0.2, 0) is 14.3 Å². The third-order valence-corrected chi connectivity index (χ3v) is 2.50. The van der Waals surface area contributed by atoms with E-state index in [2.05, 4.69) is 0 Å². The Morgan fingerprint density at radius 1 is 1.33 bits per heavy atom. The van der Waals surface area contributed by atoms with Crippen molar-refractivity contribution in [3.63, 3.8) is 0 Å². The molecule has 1 N–H and O–H groups in total. The van der Waals surface area contributed by atoms with Crippen LogP contribution in [0.2, 0.25) is 0 Å². The zero-order chi connectivity index (χ0) is 13.8. The quantitative estimate of drug-likeness (QED) is 0.754. The second-order valence-electron chi connectivity index (χ2n) is 5.49. The second kappa shape index (κ2) is 6.04. The van der Waals surface area contributed by atoms with Gasteiger partial charge in [-0.25, -0.2) is 9.59 Å². The highest BCUT2D eigenvalue weighted by atomic mass is 16.6. The van der Waals surface area contributed by atoms with E-state index in [-0.39, 0.29) is 12.7 Å². The van der Waals surface area contributed by atoms with Crippen molar-refractivity contribution in [3.8, 4) is 0 Å². The Kier molecular flexibility index (Phi) is 4.95. The number of carbonyl (C=O) groups excluding carboxylic acids is 1. The summed E-state index contributed by atoms with van der Waals surface area (Å²) in [6.45, 7) is 6.98. The van der Waals surface area contributed by atoms with Gasteiger partial charge in [0.05, 0.1) is 0 Å². The Bertz CT molecular complexity index is 304. The molecule has 0 saturated carbocycles. The predicted molar refractivity (Wildman–Crippen MR) is 64.4 cm³/mol. The molecule has 0 aliphatic carbocycles. The van der Waals surface area contributed by atoms with Gasteiger partial charge in [0.15, 0.2) is 0 Å². The lowest BCUT2D eigenvalue weighted by Crippen LogP contribution is -2.51. The molecular weight excluding hydrogens is 238 g/mol. The normalized spacial score (nSPS) is 16.3. The van der Waals surface area contributed by atoms with Crippen LogP contribution in [0, 0.1) is 5.92 Å². The number of aliphatic carboxylic acids is 1. The smallest absolute Gasteiger partial charge is 0.410 e. The lowest BCUT2D eigenvalue weighted by Gasteiger charge is -2.39. The highest BCUT2D eigenvalue weighted by Crippen LogP contribution is 2.21. The van der Waals surface area contributed by atoms with E-state index in [0.29, 0.717) is 25.6 Å². The second-order valence-corrected chi connectivity index (χ2v) is 5.49. The summed E-state index contributed by atoms with van der Waals surface area (Å²) in [6.07, 6.45) is 0.484. The number of carboxylic acids is 1. The van der Waals surface area contributed by atoms with E-state index in [0.717, 1.165) is 6.42 Å². The first kappa shape index (κ1) is 14.8. The van der Waals surface area contributed by atoms with Gasteiger partial charge < -0.3 is 19.5 Å². The first-order chi connectivity index (χ1) is 8.28. The van der Waals surface area contributed by atoms with Crippen LogP contribution in [0.15, 0.2) is 0 Å². The van der Waals surface area contributed by atoms with E-state index in [9.17, 15) is 9.59 Å². The van der Waals surface area contributed by atoms with Crippen molar-refractivity contribution in [2.75, 3.05) is 26.3 Å². The number of hydrogen-bond acceptors (Lipinski definition) is 4. The van der Waals surface area contributed by atoms with Gasteiger partial charge in [-0.05, 0) is 33.1 Å². The van der Waals surface area contributed by atoms with Crippen molar-refractivity contribution in [2.24, 2.45) is 5.92 Å². The van der Waals surface area contributed by atoms with Crippen LogP contribution in [0.25, 0.3) is 0 Å². The predicted octanol–water partition coefficient (Wildman–Crippen LogP) is 1.34. The molecule has 0 aromatic heterocycles. The number of likely N-dealkylation sites (tertiary alicyclic amines) is 1. The minimum atomic E-state index is -0.959. The van der Waals surface area contributed by atoms with Gasteiger partial charge in [-0.15, -0.1) is 0 Å². The van der Waals surface area contributed by atoms with Crippen molar-refractivity contribution >= 4 is 12.1 Å². The average molecular weight is 259 g/mol. The molecule has 1 rings (SSSR count). The van der Waals surface area contributed by atoms with Gasteiger partial charge in [-0.1, -0.05) is 0 Å². The molecule has 6 heteroatoms. The van der Waals surface area contributed by atoms with E-state index in [4.69, 9.17) is 14.6 Å². The molecule has 1 amide bonds. The van der Waals surface area contributed by atoms with Gasteiger partial charge in [0.1, 0.15) is 12.2 Å². The highest BCUT2D eigenvalue weighted by Gasteiger charge is 2.33. The van der Waals surface area contributed by atoms with Crippen LogP contribution in [0.5, 0.6) is 0 Å². The van der Waals surface area contributed by atoms with Crippen molar-refractivity contribution in [3.05, 3.63) is 0 Å². The molecule has 1 heterocycles. The number of rotatable bonds is 5. The molecule has 6 nitrogen and oxygen atoms in total. The van der Waals surface area contributed by atoms with Crippen molar-refractivity contribution in [1.82, 2.24) is 4.90 Å². The van der Waals surface area contributed by atoms with Crippen LogP contribution in [-0.4, -0.2) is 54.0 Å². The fourth-order valence-corrected chi connectivity index (χ4v) is 1.64. The summed E-state index contributed by atoms with van der Waals surface area (Å²) in [5, 5.41) is 8.38. The molecule has 0 radical (unpaired) electrons. The molecule has 104 valence electrons. The lowest BCUT2D eigenvalue weighted by molar-refractivity contribution is -0.142. The summed E-state index contributed by atoms with van der Waals surface area (Å²) in [5.41, 5.74) is -0.466. The zero-order valence-corrected chi connectivity index (χ0v) is 11.1.